The molecule has 0 amide bonds. The van der Waals surface area contributed by atoms with E-state index in [0.717, 1.165) is 27.8 Å². The molecule has 0 aliphatic rings. The first-order valence-corrected chi connectivity index (χ1v) is 6.47. The van der Waals surface area contributed by atoms with E-state index in [2.05, 4.69) is 25.4 Å². The van der Waals surface area contributed by atoms with Crippen LogP contribution in [0, 0.1) is 6.92 Å². The fraction of sp³-hybridized carbons (Fsp3) is 0.143. The molecule has 7 heteroatoms. The predicted molar refractivity (Wildman–Crippen MR) is 78.3 cm³/mol. The Morgan fingerprint density at radius 1 is 1.24 bits per heavy atom. The molecule has 0 bridgehead atoms. The highest BCUT2D eigenvalue weighted by Crippen LogP contribution is 2.25. The average Bonchev–Trinajstić information content (AvgIpc) is 3.02. The third-order valence-corrected chi connectivity index (χ3v) is 3.29. The maximum atomic E-state index is 5.47. The van der Waals surface area contributed by atoms with Gasteiger partial charge in [0.15, 0.2) is 17.1 Å². The van der Waals surface area contributed by atoms with Crippen molar-refractivity contribution in [1.29, 1.82) is 0 Å². The summed E-state index contributed by atoms with van der Waals surface area (Å²) in [6, 6.07) is 5.74. The number of hydrogen-bond acceptors (Lipinski definition) is 6. The van der Waals surface area contributed by atoms with Gasteiger partial charge in [-0.3, -0.25) is 4.68 Å². The Labute approximate surface area is 119 Å². The summed E-state index contributed by atoms with van der Waals surface area (Å²) in [7, 11) is 1.85. The number of hydrogen-bond donors (Lipinski definition) is 1. The molecule has 0 aliphatic heterocycles. The minimum absolute atomic E-state index is 0.652. The number of oxazole rings is 1. The minimum atomic E-state index is 0.652. The van der Waals surface area contributed by atoms with Gasteiger partial charge < -0.3 is 9.73 Å². The van der Waals surface area contributed by atoms with Gasteiger partial charge in [0.05, 0.1) is 11.6 Å². The van der Waals surface area contributed by atoms with Gasteiger partial charge in [-0.25, -0.2) is 15.0 Å². The van der Waals surface area contributed by atoms with Crippen LogP contribution in [0.1, 0.15) is 5.89 Å². The molecule has 3 heterocycles. The monoisotopic (exact) mass is 280 g/mol. The quantitative estimate of drug-likeness (QED) is 0.607. The Bertz CT molecular complexity index is 955. The van der Waals surface area contributed by atoms with E-state index in [1.54, 1.807) is 10.9 Å². The van der Waals surface area contributed by atoms with Gasteiger partial charge in [0.25, 0.3) is 0 Å². The summed E-state index contributed by atoms with van der Waals surface area (Å²) in [6.07, 6.45) is 3.27. The molecule has 7 nitrogen and oxygen atoms in total. The number of anilines is 2. The van der Waals surface area contributed by atoms with E-state index in [1.165, 1.54) is 6.33 Å². The van der Waals surface area contributed by atoms with E-state index in [0.29, 0.717) is 11.7 Å². The summed E-state index contributed by atoms with van der Waals surface area (Å²) in [5, 5.41) is 8.35. The number of fused-ring (bicyclic) bond motifs is 2. The SMILES string of the molecule is Cc1nc2cc(Nc3ncnc4c3cnn4C)ccc2o1. The molecule has 3 aromatic heterocycles. The molecule has 1 aromatic carbocycles. The molecule has 0 aliphatic carbocycles. The van der Waals surface area contributed by atoms with Crippen LogP contribution in [0.4, 0.5) is 11.5 Å². The zero-order valence-corrected chi connectivity index (χ0v) is 11.5. The van der Waals surface area contributed by atoms with Gasteiger partial charge in [0.2, 0.25) is 0 Å². The van der Waals surface area contributed by atoms with Crippen LogP contribution in [0.15, 0.2) is 35.1 Å². The normalized spacial score (nSPS) is 11.3. The van der Waals surface area contributed by atoms with E-state index in [-0.39, 0.29) is 0 Å². The van der Waals surface area contributed by atoms with Crippen LogP contribution in [0.3, 0.4) is 0 Å². The summed E-state index contributed by atoms with van der Waals surface area (Å²) < 4.78 is 7.18. The van der Waals surface area contributed by atoms with Crippen molar-refractivity contribution in [1.82, 2.24) is 24.7 Å². The average molecular weight is 280 g/mol. The molecule has 0 unspecified atom stereocenters. The molecule has 104 valence electrons. The Balaban J connectivity index is 1.78. The zero-order chi connectivity index (χ0) is 14.4. The maximum Gasteiger partial charge on any atom is 0.192 e. The molecular formula is C14H12N6O. The number of nitrogens with one attached hydrogen (secondary N) is 1. The number of rotatable bonds is 2. The fourth-order valence-corrected chi connectivity index (χ4v) is 2.32. The fourth-order valence-electron chi connectivity index (χ4n) is 2.32. The molecule has 0 atom stereocenters. The molecule has 0 fully saturated rings. The number of benzene rings is 1. The highest BCUT2D eigenvalue weighted by Gasteiger charge is 2.09. The van der Waals surface area contributed by atoms with Crippen molar-refractivity contribution in [2.24, 2.45) is 7.05 Å². The molecule has 1 N–H and O–H groups in total. The lowest BCUT2D eigenvalue weighted by atomic mass is 10.2. The molecular weight excluding hydrogens is 268 g/mol. The van der Waals surface area contributed by atoms with Crippen LogP contribution < -0.4 is 5.32 Å². The molecule has 4 aromatic rings. The van der Waals surface area contributed by atoms with Gasteiger partial charge in [-0.15, -0.1) is 0 Å². The van der Waals surface area contributed by atoms with Crippen LogP contribution in [0.25, 0.3) is 22.1 Å². The van der Waals surface area contributed by atoms with Crippen LogP contribution in [0.2, 0.25) is 0 Å². The van der Waals surface area contributed by atoms with Crippen molar-refractivity contribution in [2.75, 3.05) is 5.32 Å². The van der Waals surface area contributed by atoms with Gasteiger partial charge >= 0.3 is 0 Å². The topological polar surface area (TPSA) is 81.7 Å². The van der Waals surface area contributed by atoms with Crippen molar-refractivity contribution in [2.45, 2.75) is 6.92 Å². The minimum Gasteiger partial charge on any atom is -0.441 e. The Morgan fingerprint density at radius 2 is 2.14 bits per heavy atom. The third-order valence-electron chi connectivity index (χ3n) is 3.29. The maximum absolute atomic E-state index is 5.47. The van der Waals surface area contributed by atoms with Gasteiger partial charge in [-0.05, 0) is 18.2 Å². The lowest BCUT2D eigenvalue weighted by Gasteiger charge is -2.05. The summed E-state index contributed by atoms with van der Waals surface area (Å²) >= 11 is 0. The van der Waals surface area contributed by atoms with Crippen molar-refractivity contribution in [3.63, 3.8) is 0 Å². The van der Waals surface area contributed by atoms with Crippen LogP contribution in [0.5, 0.6) is 0 Å². The second-order valence-corrected chi connectivity index (χ2v) is 4.77. The van der Waals surface area contributed by atoms with Crippen molar-refractivity contribution >= 4 is 33.6 Å². The Hall–Kier alpha value is -2.96. The Morgan fingerprint density at radius 3 is 3.05 bits per heavy atom. The molecule has 0 saturated heterocycles. The molecule has 0 saturated carbocycles. The number of aromatic nitrogens is 5. The lowest BCUT2D eigenvalue weighted by molar-refractivity contribution is 0.561. The number of nitrogens with zero attached hydrogens (tertiary/aromatic N) is 5. The first kappa shape index (κ1) is 11.8. The van der Waals surface area contributed by atoms with E-state index >= 15 is 0 Å². The lowest BCUT2D eigenvalue weighted by Crippen LogP contribution is -1.97. The summed E-state index contributed by atoms with van der Waals surface area (Å²) in [5.41, 5.74) is 3.26. The summed E-state index contributed by atoms with van der Waals surface area (Å²) in [5.74, 6) is 1.37. The predicted octanol–water partition coefficient (Wildman–Crippen LogP) is 2.56. The summed E-state index contributed by atoms with van der Waals surface area (Å²) in [4.78, 5) is 12.8. The second-order valence-electron chi connectivity index (χ2n) is 4.77. The highest BCUT2D eigenvalue weighted by atomic mass is 16.3. The van der Waals surface area contributed by atoms with Gasteiger partial charge in [-0.1, -0.05) is 0 Å². The van der Waals surface area contributed by atoms with E-state index in [1.807, 2.05) is 32.2 Å². The van der Waals surface area contributed by atoms with Crippen molar-refractivity contribution in [3.05, 3.63) is 36.6 Å². The standard InChI is InChI=1S/C14H12N6O/c1-8-18-11-5-9(3-4-12(11)21-8)19-13-10-6-17-20(2)14(10)16-7-15-13/h3-7H,1-2H3,(H,15,16,19). The van der Waals surface area contributed by atoms with E-state index in [9.17, 15) is 0 Å². The van der Waals surface area contributed by atoms with Crippen LogP contribution >= 0.6 is 0 Å². The van der Waals surface area contributed by atoms with E-state index < -0.39 is 0 Å². The molecule has 21 heavy (non-hydrogen) atoms. The summed E-state index contributed by atoms with van der Waals surface area (Å²) in [6.45, 7) is 1.83. The van der Waals surface area contributed by atoms with E-state index in [4.69, 9.17) is 4.42 Å². The smallest absolute Gasteiger partial charge is 0.192 e. The first-order chi connectivity index (χ1) is 10.2. The van der Waals surface area contributed by atoms with Crippen molar-refractivity contribution < 1.29 is 4.42 Å². The molecule has 0 spiro atoms. The second kappa shape index (κ2) is 4.27. The number of aryl methyl sites for hydroxylation is 2. The Kier molecular flexibility index (Phi) is 2.41. The van der Waals surface area contributed by atoms with Crippen LogP contribution in [-0.2, 0) is 7.05 Å². The van der Waals surface area contributed by atoms with Gasteiger partial charge in [0, 0.05) is 19.7 Å². The molecule has 4 rings (SSSR count). The first-order valence-electron chi connectivity index (χ1n) is 6.47. The highest BCUT2D eigenvalue weighted by molar-refractivity contribution is 5.89. The van der Waals surface area contributed by atoms with Gasteiger partial charge in [0.1, 0.15) is 17.7 Å². The molecule has 0 radical (unpaired) electrons. The van der Waals surface area contributed by atoms with Gasteiger partial charge in [-0.2, -0.15) is 5.10 Å². The third kappa shape index (κ3) is 1.90. The van der Waals surface area contributed by atoms with Crippen LogP contribution in [-0.4, -0.2) is 24.7 Å². The largest absolute Gasteiger partial charge is 0.441 e. The van der Waals surface area contributed by atoms with Crippen molar-refractivity contribution in [3.8, 4) is 0 Å². The zero-order valence-electron chi connectivity index (χ0n) is 11.5.